The fraction of sp³-hybridized carbons (Fsp3) is 0.500. The Labute approximate surface area is 100 Å². The van der Waals surface area contributed by atoms with Gasteiger partial charge in [-0.25, -0.2) is 0 Å². The van der Waals surface area contributed by atoms with Gasteiger partial charge in [-0.05, 0) is 18.4 Å². The lowest BCUT2D eigenvalue weighted by Crippen LogP contribution is -2.05. The standard InChI is InChI=1S/C12H17N3O2/c1-3-8-4-12(8)14-10-5-9(13-2)6-11(7-10)15(16)17/h5-8,12-14H,3-4H2,1-2H3. The van der Waals surface area contributed by atoms with Gasteiger partial charge in [0.25, 0.3) is 5.69 Å². The summed E-state index contributed by atoms with van der Waals surface area (Å²) in [6.07, 6.45) is 2.32. The quantitative estimate of drug-likeness (QED) is 0.608. The van der Waals surface area contributed by atoms with Crippen molar-refractivity contribution in [3.05, 3.63) is 28.3 Å². The first-order valence-electron chi connectivity index (χ1n) is 5.87. The van der Waals surface area contributed by atoms with Gasteiger partial charge in [-0.15, -0.1) is 0 Å². The molecule has 92 valence electrons. The van der Waals surface area contributed by atoms with Crippen molar-refractivity contribution in [2.24, 2.45) is 5.92 Å². The Hall–Kier alpha value is -1.78. The van der Waals surface area contributed by atoms with Gasteiger partial charge in [-0.1, -0.05) is 13.3 Å². The van der Waals surface area contributed by atoms with E-state index in [1.807, 2.05) is 6.07 Å². The molecule has 0 bridgehead atoms. The van der Waals surface area contributed by atoms with Crippen LogP contribution in [0.4, 0.5) is 17.1 Å². The molecule has 1 fully saturated rings. The minimum atomic E-state index is -0.365. The number of hydrogen-bond acceptors (Lipinski definition) is 4. The molecule has 2 rings (SSSR count). The number of nitro groups is 1. The Morgan fingerprint density at radius 1 is 1.41 bits per heavy atom. The third-order valence-corrected chi connectivity index (χ3v) is 3.22. The molecule has 0 radical (unpaired) electrons. The Morgan fingerprint density at radius 3 is 2.65 bits per heavy atom. The van der Waals surface area contributed by atoms with Crippen LogP contribution in [0.2, 0.25) is 0 Å². The van der Waals surface area contributed by atoms with Gasteiger partial charge in [0.05, 0.1) is 4.92 Å². The highest BCUT2D eigenvalue weighted by atomic mass is 16.6. The minimum Gasteiger partial charge on any atom is -0.388 e. The molecule has 2 N–H and O–H groups in total. The van der Waals surface area contributed by atoms with Gasteiger partial charge in [0.1, 0.15) is 0 Å². The maximum atomic E-state index is 10.8. The number of hydrogen-bond donors (Lipinski definition) is 2. The maximum absolute atomic E-state index is 10.8. The molecule has 1 aromatic rings. The highest BCUT2D eigenvalue weighted by molar-refractivity contribution is 5.63. The molecular formula is C12H17N3O2. The summed E-state index contributed by atoms with van der Waals surface area (Å²) in [5.41, 5.74) is 1.70. The van der Waals surface area contributed by atoms with Crippen LogP contribution in [-0.4, -0.2) is 18.0 Å². The summed E-state index contributed by atoms with van der Waals surface area (Å²) in [6.45, 7) is 2.17. The first-order chi connectivity index (χ1) is 8.13. The number of anilines is 2. The molecule has 5 nitrogen and oxygen atoms in total. The largest absolute Gasteiger partial charge is 0.388 e. The van der Waals surface area contributed by atoms with Crippen LogP contribution in [0.5, 0.6) is 0 Å². The maximum Gasteiger partial charge on any atom is 0.273 e. The Balaban J connectivity index is 2.15. The number of nitrogens with one attached hydrogen (secondary N) is 2. The van der Waals surface area contributed by atoms with Gasteiger partial charge in [0.2, 0.25) is 0 Å². The molecule has 0 amide bonds. The van der Waals surface area contributed by atoms with Crippen molar-refractivity contribution >= 4 is 17.1 Å². The second kappa shape index (κ2) is 4.61. The average Bonchev–Trinajstić information content (AvgIpc) is 3.06. The van der Waals surface area contributed by atoms with Crippen LogP contribution in [0.3, 0.4) is 0 Å². The topological polar surface area (TPSA) is 67.2 Å². The van der Waals surface area contributed by atoms with E-state index in [1.165, 1.54) is 6.07 Å². The lowest BCUT2D eigenvalue weighted by Gasteiger charge is -2.08. The molecule has 17 heavy (non-hydrogen) atoms. The highest BCUT2D eigenvalue weighted by Crippen LogP contribution is 2.37. The van der Waals surface area contributed by atoms with Crippen LogP contribution in [0.25, 0.3) is 0 Å². The van der Waals surface area contributed by atoms with Crippen molar-refractivity contribution < 1.29 is 4.92 Å². The van der Waals surface area contributed by atoms with E-state index in [-0.39, 0.29) is 10.6 Å². The minimum absolute atomic E-state index is 0.119. The van der Waals surface area contributed by atoms with Gasteiger partial charge in [0.15, 0.2) is 0 Å². The summed E-state index contributed by atoms with van der Waals surface area (Å²) in [7, 11) is 1.76. The van der Waals surface area contributed by atoms with Crippen LogP contribution >= 0.6 is 0 Å². The molecule has 0 aromatic heterocycles. The van der Waals surface area contributed by atoms with Gasteiger partial charge in [-0.2, -0.15) is 0 Å². The smallest absolute Gasteiger partial charge is 0.273 e. The summed E-state index contributed by atoms with van der Waals surface area (Å²) < 4.78 is 0. The van der Waals surface area contributed by atoms with Crippen LogP contribution in [-0.2, 0) is 0 Å². The van der Waals surface area contributed by atoms with E-state index in [0.717, 1.165) is 24.2 Å². The predicted molar refractivity (Wildman–Crippen MR) is 68.5 cm³/mol. The third-order valence-electron chi connectivity index (χ3n) is 3.22. The average molecular weight is 235 g/mol. The normalized spacial score (nSPS) is 22.0. The molecule has 0 saturated heterocycles. The first kappa shape index (κ1) is 11.7. The third kappa shape index (κ3) is 2.67. The van der Waals surface area contributed by atoms with E-state index in [4.69, 9.17) is 0 Å². The van der Waals surface area contributed by atoms with Gasteiger partial charge in [-0.3, -0.25) is 10.1 Å². The van der Waals surface area contributed by atoms with E-state index in [9.17, 15) is 10.1 Å². The predicted octanol–water partition coefficient (Wildman–Crippen LogP) is 2.85. The van der Waals surface area contributed by atoms with E-state index in [0.29, 0.717) is 12.0 Å². The molecule has 2 atom stereocenters. The van der Waals surface area contributed by atoms with Crippen LogP contribution < -0.4 is 10.6 Å². The van der Waals surface area contributed by atoms with Crippen LogP contribution in [0.15, 0.2) is 18.2 Å². The fourth-order valence-electron chi connectivity index (χ4n) is 2.03. The highest BCUT2D eigenvalue weighted by Gasteiger charge is 2.35. The SMILES string of the molecule is CCC1CC1Nc1cc(NC)cc([N+](=O)[O-])c1. The number of rotatable bonds is 5. The van der Waals surface area contributed by atoms with Crippen molar-refractivity contribution in [2.45, 2.75) is 25.8 Å². The molecule has 5 heteroatoms. The van der Waals surface area contributed by atoms with E-state index < -0.39 is 0 Å². The monoisotopic (exact) mass is 235 g/mol. The number of nitrogens with zero attached hydrogens (tertiary/aromatic N) is 1. The molecule has 1 aliphatic carbocycles. The molecule has 1 aromatic carbocycles. The van der Waals surface area contributed by atoms with Crippen LogP contribution in [0, 0.1) is 16.0 Å². The molecule has 0 aliphatic heterocycles. The number of non-ortho nitro benzene ring substituents is 1. The van der Waals surface area contributed by atoms with Gasteiger partial charge in [0, 0.05) is 36.6 Å². The zero-order valence-corrected chi connectivity index (χ0v) is 10.1. The Kier molecular flexibility index (Phi) is 3.17. The zero-order chi connectivity index (χ0) is 12.4. The summed E-state index contributed by atoms with van der Waals surface area (Å²) in [5.74, 6) is 0.715. The summed E-state index contributed by atoms with van der Waals surface area (Å²) in [5, 5.41) is 17.1. The first-order valence-corrected chi connectivity index (χ1v) is 5.87. The molecule has 0 heterocycles. The van der Waals surface area contributed by atoms with Gasteiger partial charge < -0.3 is 10.6 Å². The molecule has 1 saturated carbocycles. The van der Waals surface area contributed by atoms with Gasteiger partial charge >= 0.3 is 0 Å². The fourth-order valence-corrected chi connectivity index (χ4v) is 2.03. The van der Waals surface area contributed by atoms with Crippen LogP contribution in [0.1, 0.15) is 19.8 Å². The van der Waals surface area contributed by atoms with Crippen molar-refractivity contribution in [3.8, 4) is 0 Å². The second-order valence-electron chi connectivity index (χ2n) is 4.43. The zero-order valence-electron chi connectivity index (χ0n) is 10.1. The van der Waals surface area contributed by atoms with E-state index >= 15 is 0 Å². The summed E-state index contributed by atoms with van der Waals surface area (Å²) in [6, 6.07) is 5.51. The Morgan fingerprint density at radius 2 is 2.12 bits per heavy atom. The van der Waals surface area contributed by atoms with E-state index in [2.05, 4.69) is 17.6 Å². The number of benzene rings is 1. The lowest BCUT2D eigenvalue weighted by molar-refractivity contribution is -0.384. The van der Waals surface area contributed by atoms with Crippen molar-refractivity contribution in [3.63, 3.8) is 0 Å². The van der Waals surface area contributed by atoms with Crippen molar-refractivity contribution in [1.82, 2.24) is 0 Å². The number of nitro benzene ring substituents is 1. The molecule has 0 spiro atoms. The second-order valence-corrected chi connectivity index (χ2v) is 4.43. The lowest BCUT2D eigenvalue weighted by atomic mass is 10.2. The molecule has 2 unspecified atom stereocenters. The summed E-state index contributed by atoms with van der Waals surface area (Å²) in [4.78, 5) is 10.4. The molecular weight excluding hydrogens is 218 g/mol. The van der Waals surface area contributed by atoms with Crippen molar-refractivity contribution in [1.29, 1.82) is 0 Å². The van der Waals surface area contributed by atoms with E-state index in [1.54, 1.807) is 13.1 Å². The van der Waals surface area contributed by atoms with Crippen molar-refractivity contribution in [2.75, 3.05) is 17.7 Å². The Bertz CT molecular complexity index is 434. The molecule has 1 aliphatic rings. The summed E-state index contributed by atoms with van der Waals surface area (Å²) >= 11 is 0.